The quantitative estimate of drug-likeness (QED) is 0.486. The second-order valence-corrected chi connectivity index (χ2v) is 9.60. The van der Waals surface area contributed by atoms with Crippen LogP contribution in [0.2, 0.25) is 0 Å². The Morgan fingerprint density at radius 2 is 1.95 bits per heavy atom. The molecule has 1 amide bonds. The number of benzene rings is 1. The van der Waals surface area contributed by atoms with Gasteiger partial charge in [-0.15, -0.1) is 0 Å². The van der Waals surface area contributed by atoms with Gasteiger partial charge >= 0.3 is 12.1 Å². The van der Waals surface area contributed by atoms with E-state index >= 15 is 0 Å². The van der Waals surface area contributed by atoms with Crippen molar-refractivity contribution in [3.63, 3.8) is 0 Å². The average molecular weight is 522 g/mol. The van der Waals surface area contributed by atoms with E-state index in [9.17, 15) is 18.0 Å². The number of piperidine rings is 1. The summed E-state index contributed by atoms with van der Waals surface area (Å²) in [7, 11) is 0. The lowest BCUT2D eigenvalue weighted by atomic mass is 9.80. The van der Waals surface area contributed by atoms with Gasteiger partial charge in [0.25, 0.3) is 0 Å². The Kier molecular flexibility index (Phi) is 8.18. The first-order chi connectivity index (χ1) is 17.7. The highest BCUT2D eigenvalue weighted by molar-refractivity contribution is 5.89. The second kappa shape index (κ2) is 11.3. The number of aliphatic carboxylic acids is 1. The zero-order valence-corrected chi connectivity index (χ0v) is 20.3. The van der Waals surface area contributed by atoms with Crippen LogP contribution in [-0.4, -0.2) is 87.5 Å². The van der Waals surface area contributed by atoms with Crippen LogP contribution in [0, 0.1) is 5.41 Å². The smallest absolute Gasteiger partial charge is 0.475 e. The van der Waals surface area contributed by atoms with Gasteiger partial charge in [-0.05, 0) is 30.5 Å². The van der Waals surface area contributed by atoms with Crippen LogP contribution in [0.3, 0.4) is 0 Å². The summed E-state index contributed by atoms with van der Waals surface area (Å²) in [5.41, 5.74) is 3.29. The molecule has 1 aromatic carbocycles. The average Bonchev–Trinajstić information content (AvgIpc) is 3.47. The number of carboxylic acid groups (broad SMARTS) is 1. The van der Waals surface area contributed by atoms with Crippen molar-refractivity contribution in [1.82, 2.24) is 25.0 Å². The molecule has 1 atom stereocenters. The second-order valence-electron chi connectivity index (χ2n) is 9.60. The predicted octanol–water partition coefficient (Wildman–Crippen LogP) is 3.21. The molecule has 12 heteroatoms. The van der Waals surface area contributed by atoms with E-state index in [-0.39, 0.29) is 11.3 Å². The Hall–Kier alpha value is -3.38. The van der Waals surface area contributed by atoms with Crippen molar-refractivity contribution in [1.29, 1.82) is 0 Å². The molecule has 3 N–H and O–H groups in total. The normalized spacial score (nSPS) is 20.9. The van der Waals surface area contributed by atoms with Crippen molar-refractivity contribution in [2.45, 2.75) is 32.0 Å². The van der Waals surface area contributed by atoms with Gasteiger partial charge in [-0.2, -0.15) is 18.3 Å². The van der Waals surface area contributed by atoms with Crippen LogP contribution in [0.15, 0.2) is 42.7 Å². The summed E-state index contributed by atoms with van der Waals surface area (Å²) in [6.45, 7) is 5.76. The molecule has 0 radical (unpaired) electrons. The molecular formula is C25H30F3N5O4. The Balaban J connectivity index is 0.000000405. The van der Waals surface area contributed by atoms with E-state index in [1.807, 2.05) is 24.4 Å². The summed E-state index contributed by atoms with van der Waals surface area (Å²) in [6.07, 6.45) is 1.26. The van der Waals surface area contributed by atoms with E-state index in [0.717, 1.165) is 80.9 Å². The standard InChI is InChI=1S/C23H29N5O2.C2HF3O2/c29-22(12-18-13-24-21-5-2-1-4-20(18)21)28-9-3-7-23(16-28)15-27(10-11-30-17-23)14-19-6-8-25-26-19;3-2(4,5)1(6)7/h1-2,4-6,8,13,24H,3,7,9-12,14-17H2,(H,25,26);(H,6,7). The number of rotatable bonds is 4. The first kappa shape index (κ1) is 26.7. The molecule has 200 valence electrons. The third-order valence-corrected chi connectivity index (χ3v) is 6.74. The van der Waals surface area contributed by atoms with Crippen molar-refractivity contribution in [2.75, 3.05) is 39.4 Å². The fourth-order valence-electron chi connectivity index (χ4n) is 5.05. The number of hydrogen-bond donors (Lipinski definition) is 3. The molecule has 1 spiro atoms. The highest BCUT2D eigenvalue weighted by Crippen LogP contribution is 2.34. The number of aromatic nitrogens is 3. The molecule has 2 aliphatic heterocycles. The molecule has 0 aliphatic carbocycles. The SMILES string of the molecule is O=C(Cc1c[nH]c2ccccc12)N1CCCC2(COCCN(Cc3ccn[nH]3)C2)C1.O=C(O)C(F)(F)F. The van der Waals surface area contributed by atoms with E-state index in [1.54, 1.807) is 6.20 Å². The van der Waals surface area contributed by atoms with Gasteiger partial charge in [0.15, 0.2) is 0 Å². The van der Waals surface area contributed by atoms with Crippen LogP contribution in [0.5, 0.6) is 0 Å². The van der Waals surface area contributed by atoms with Gasteiger partial charge in [0.2, 0.25) is 5.91 Å². The Labute approximate surface area is 211 Å². The van der Waals surface area contributed by atoms with E-state index in [1.165, 1.54) is 0 Å². The van der Waals surface area contributed by atoms with Crippen molar-refractivity contribution < 1.29 is 32.6 Å². The highest BCUT2D eigenvalue weighted by Gasteiger charge is 2.40. The Morgan fingerprint density at radius 1 is 1.16 bits per heavy atom. The third-order valence-electron chi connectivity index (χ3n) is 6.74. The molecule has 2 aromatic heterocycles. The number of aromatic amines is 2. The minimum Gasteiger partial charge on any atom is -0.475 e. The number of nitrogens with one attached hydrogen (secondary N) is 2. The number of hydrogen-bond acceptors (Lipinski definition) is 5. The van der Waals surface area contributed by atoms with Gasteiger partial charge in [0.05, 0.1) is 19.6 Å². The van der Waals surface area contributed by atoms with E-state index in [2.05, 4.69) is 37.1 Å². The fraction of sp³-hybridized carbons (Fsp3) is 0.480. The molecule has 0 saturated carbocycles. The largest absolute Gasteiger partial charge is 0.490 e. The van der Waals surface area contributed by atoms with E-state index in [4.69, 9.17) is 14.6 Å². The van der Waals surface area contributed by atoms with Gasteiger partial charge in [0, 0.05) is 67.1 Å². The topological polar surface area (TPSA) is 115 Å². The number of para-hydroxylation sites is 1. The van der Waals surface area contributed by atoms with Crippen molar-refractivity contribution in [3.8, 4) is 0 Å². The maximum absolute atomic E-state index is 13.2. The predicted molar refractivity (Wildman–Crippen MR) is 129 cm³/mol. The minimum absolute atomic E-state index is 0.00461. The number of carbonyl (C=O) groups is 2. The summed E-state index contributed by atoms with van der Waals surface area (Å²) >= 11 is 0. The number of alkyl halides is 3. The monoisotopic (exact) mass is 521 g/mol. The van der Waals surface area contributed by atoms with Gasteiger partial charge in [-0.25, -0.2) is 4.79 Å². The van der Waals surface area contributed by atoms with Crippen molar-refractivity contribution >= 4 is 22.8 Å². The maximum atomic E-state index is 13.2. The minimum atomic E-state index is -5.08. The van der Waals surface area contributed by atoms with Crippen LogP contribution in [0.4, 0.5) is 13.2 Å². The molecule has 5 rings (SSSR count). The van der Waals surface area contributed by atoms with Gasteiger partial charge < -0.3 is 19.7 Å². The lowest BCUT2D eigenvalue weighted by Crippen LogP contribution is -2.52. The van der Waals surface area contributed by atoms with Crippen molar-refractivity contribution in [3.05, 3.63) is 54.0 Å². The zero-order chi connectivity index (χ0) is 26.5. The summed E-state index contributed by atoms with van der Waals surface area (Å²) < 4.78 is 37.8. The van der Waals surface area contributed by atoms with Crippen molar-refractivity contribution in [2.24, 2.45) is 5.41 Å². The number of amides is 1. The van der Waals surface area contributed by atoms with Crippen LogP contribution < -0.4 is 0 Å². The first-order valence-electron chi connectivity index (χ1n) is 12.1. The fourth-order valence-corrected chi connectivity index (χ4v) is 5.05. The molecule has 9 nitrogen and oxygen atoms in total. The number of likely N-dealkylation sites (tertiary alicyclic amines) is 1. The Bertz CT molecular complexity index is 1200. The summed E-state index contributed by atoms with van der Waals surface area (Å²) in [5.74, 6) is -2.55. The molecule has 2 saturated heterocycles. The zero-order valence-electron chi connectivity index (χ0n) is 20.3. The van der Waals surface area contributed by atoms with Crippen LogP contribution in [0.1, 0.15) is 24.1 Å². The van der Waals surface area contributed by atoms with Crippen LogP contribution >= 0.6 is 0 Å². The molecule has 1 unspecified atom stereocenters. The Morgan fingerprint density at radius 3 is 2.68 bits per heavy atom. The molecule has 0 bridgehead atoms. The highest BCUT2D eigenvalue weighted by atomic mass is 19.4. The lowest BCUT2D eigenvalue weighted by molar-refractivity contribution is -0.192. The number of carbonyl (C=O) groups excluding carboxylic acids is 1. The molecular weight excluding hydrogens is 491 g/mol. The number of carboxylic acids is 1. The van der Waals surface area contributed by atoms with Gasteiger partial charge in [0.1, 0.15) is 0 Å². The summed E-state index contributed by atoms with van der Waals surface area (Å²) in [6, 6.07) is 10.2. The van der Waals surface area contributed by atoms with E-state index in [0.29, 0.717) is 6.42 Å². The first-order valence-corrected chi connectivity index (χ1v) is 12.1. The number of fused-ring (bicyclic) bond motifs is 1. The third kappa shape index (κ3) is 6.89. The molecule has 3 aromatic rings. The number of nitrogens with zero attached hydrogens (tertiary/aromatic N) is 3. The molecule has 2 aliphatic rings. The molecule has 4 heterocycles. The number of H-pyrrole nitrogens is 2. The molecule has 2 fully saturated rings. The number of halogens is 3. The molecule has 37 heavy (non-hydrogen) atoms. The van der Waals surface area contributed by atoms with Gasteiger partial charge in [-0.1, -0.05) is 18.2 Å². The maximum Gasteiger partial charge on any atom is 0.490 e. The lowest BCUT2D eigenvalue weighted by Gasteiger charge is -2.43. The van der Waals surface area contributed by atoms with Gasteiger partial charge in [-0.3, -0.25) is 14.8 Å². The summed E-state index contributed by atoms with van der Waals surface area (Å²) in [4.78, 5) is 29.9. The van der Waals surface area contributed by atoms with Crippen LogP contribution in [-0.2, 0) is 27.3 Å². The summed E-state index contributed by atoms with van der Waals surface area (Å²) in [5, 5.41) is 15.4. The van der Waals surface area contributed by atoms with E-state index < -0.39 is 12.1 Å². The number of ether oxygens (including phenoxy) is 1. The van der Waals surface area contributed by atoms with Crippen LogP contribution in [0.25, 0.3) is 10.9 Å².